The quantitative estimate of drug-likeness (QED) is 0.612. The molecule has 0 heterocycles. The van der Waals surface area contributed by atoms with E-state index in [0.717, 1.165) is 29.1 Å². The van der Waals surface area contributed by atoms with Crippen LogP contribution in [-0.4, -0.2) is 5.75 Å². The minimum absolute atomic E-state index is 0.107. The van der Waals surface area contributed by atoms with Crippen LogP contribution in [0.25, 0.3) is 0 Å². The van der Waals surface area contributed by atoms with Crippen LogP contribution in [0.5, 0.6) is 0 Å². The average molecular weight is 227 g/mol. The maximum atomic E-state index is 13.6. The molecule has 0 saturated carbocycles. The Bertz CT molecular complexity index is 312. The lowest BCUT2D eigenvalue weighted by Gasteiger charge is -2.12. The first-order valence-corrected chi connectivity index (χ1v) is 6.32. The van der Waals surface area contributed by atoms with E-state index in [0.29, 0.717) is 0 Å². The fraction of sp³-hybridized carbons (Fsp3) is 0.500. The highest BCUT2D eigenvalue weighted by atomic mass is 32.2. The van der Waals surface area contributed by atoms with E-state index < -0.39 is 0 Å². The molecule has 0 aliphatic carbocycles. The van der Waals surface area contributed by atoms with Gasteiger partial charge in [0.15, 0.2) is 0 Å². The number of hydrogen-bond acceptors (Lipinski definition) is 2. The van der Waals surface area contributed by atoms with E-state index in [1.54, 1.807) is 17.8 Å². The van der Waals surface area contributed by atoms with E-state index in [1.807, 2.05) is 13.0 Å². The number of benzene rings is 1. The van der Waals surface area contributed by atoms with Gasteiger partial charge in [0, 0.05) is 10.9 Å². The number of halogens is 1. The van der Waals surface area contributed by atoms with Crippen LogP contribution in [0.2, 0.25) is 0 Å². The van der Waals surface area contributed by atoms with E-state index in [1.165, 1.54) is 6.07 Å². The highest BCUT2D eigenvalue weighted by molar-refractivity contribution is 7.99. The molecule has 3 heteroatoms. The third kappa shape index (κ3) is 3.50. The Morgan fingerprint density at radius 3 is 2.80 bits per heavy atom. The van der Waals surface area contributed by atoms with Gasteiger partial charge in [-0.15, -0.1) is 11.8 Å². The van der Waals surface area contributed by atoms with Crippen LogP contribution in [0.15, 0.2) is 23.1 Å². The van der Waals surface area contributed by atoms with Gasteiger partial charge >= 0.3 is 0 Å². The summed E-state index contributed by atoms with van der Waals surface area (Å²) in [6, 6.07) is 5.02. The van der Waals surface area contributed by atoms with E-state index in [9.17, 15) is 4.39 Å². The molecule has 0 saturated heterocycles. The summed E-state index contributed by atoms with van der Waals surface area (Å²) in [6.45, 7) is 4.02. The van der Waals surface area contributed by atoms with E-state index in [4.69, 9.17) is 5.73 Å². The minimum Gasteiger partial charge on any atom is -0.324 e. The van der Waals surface area contributed by atoms with Gasteiger partial charge < -0.3 is 5.73 Å². The number of rotatable bonds is 5. The normalized spacial score (nSPS) is 12.8. The van der Waals surface area contributed by atoms with Crippen LogP contribution in [0.1, 0.15) is 38.3 Å². The smallest absolute Gasteiger partial charge is 0.137 e. The third-order valence-corrected chi connectivity index (χ3v) is 3.44. The largest absolute Gasteiger partial charge is 0.324 e. The van der Waals surface area contributed by atoms with Crippen molar-refractivity contribution in [3.8, 4) is 0 Å². The monoisotopic (exact) mass is 227 g/mol. The summed E-state index contributed by atoms with van der Waals surface area (Å²) in [6.07, 6.45) is 2.24. The molecule has 2 N–H and O–H groups in total. The molecule has 0 fully saturated rings. The van der Waals surface area contributed by atoms with Gasteiger partial charge in [-0.25, -0.2) is 4.39 Å². The summed E-state index contributed by atoms with van der Waals surface area (Å²) < 4.78 is 13.6. The van der Waals surface area contributed by atoms with Crippen LogP contribution in [0, 0.1) is 5.82 Å². The zero-order valence-corrected chi connectivity index (χ0v) is 10.1. The Hall–Kier alpha value is -0.540. The maximum absolute atomic E-state index is 13.6. The Morgan fingerprint density at radius 2 is 2.20 bits per heavy atom. The molecule has 0 aliphatic rings. The molecule has 1 atom stereocenters. The zero-order valence-electron chi connectivity index (χ0n) is 9.29. The van der Waals surface area contributed by atoms with Crippen LogP contribution in [0.4, 0.5) is 4.39 Å². The number of nitrogens with two attached hydrogens (primary N) is 1. The number of unbranched alkanes of at least 4 members (excludes halogenated alkanes) is 1. The van der Waals surface area contributed by atoms with Gasteiger partial charge in [-0.1, -0.05) is 25.5 Å². The van der Waals surface area contributed by atoms with Gasteiger partial charge in [0.2, 0.25) is 0 Å². The molecule has 1 aromatic rings. The van der Waals surface area contributed by atoms with Crippen molar-refractivity contribution in [1.82, 2.24) is 0 Å². The molecule has 0 amide bonds. The van der Waals surface area contributed by atoms with E-state index in [-0.39, 0.29) is 11.9 Å². The fourth-order valence-corrected chi connectivity index (χ4v) is 2.62. The van der Waals surface area contributed by atoms with E-state index >= 15 is 0 Å². The van der Waals surface area contributed by atoms with E-state index in [2.05, 4.69) is 6.92 Å². The highest BCUT2D eigenvalue weighted by Gasteiger charge is 2.11. The molecule has 1 aromatic carbocycles. The zero-order chi connectivity index (χ0) is 11.3. The Morgan fingerprint density at radius 1 is 1.47 bits per heavy atom. The van der Waals surface area contributed by atoms with Crippen LogP contribution in [-0.2, 0) is 0 Å². The van der Waals surface area contributed by atoms with Crippen molar-refractivity contribution in [2.45, 2.75) is 37.6 Å². The van der Waals surface area contributed by atoms with Gasteiger partial charge in [-0.3, -0.25) is 0 Å². The van der Waals surface area contributed by atoms with Crippen LogP contribution in [0.3, 0.4) is 0 Å². The Balaban J connectivity index is 2.82. The first kappa shape index (κ1) is 12.5. The lowest BCUT2D eigenvalue weighted by atomic mass is 10.1. The second-order valence-electron chi connectivity index (χ2n) is 3.65. The Labute approximate surface area is 95.2 Å². The molecule has 0 spiro atoms. The lowest BCUT2D eigenvalue weighted by Crippen LogP contribution is -2.07. The van der Waals surface area contributed by atoms with Crippen molar-refractivity contribution in [1.29, 1.82) is 0 Å². The summed E-state index contributed by atoms with van der Waals surface area (Å²) in [5.41, 5.74) is 6.72. The average Bonchev–Trinajstić information content (AvgIpc) is 2.20. The molecular formula is C12H18FNS. The van der Waals surface area contributed by atoms with Gasteiger partial charge in [0.1, 0.15) is 5.82 Å². The predicted octanol–water partition coefficient (Wildman–Crippen LogP) is 3.74. The summed E-state index contributed by atoms with van der Waals surface area (Å²) in [4.78, 5) is 0.723. The number of thioether (sulfide) groups is 1. The summed E-state index contributed by atoms with van der Waals surface area (Å²) in [7, 11) is 0. The maximum Gasteiger partial charge on any atom is 0.137 e. The topological polar surface area (TPSA) is 26.0 Å². The van der Waals surface area contributed by atoms with Crippen molar-refractivity contribution < 1.29 is 4.39 Å². The van der Waals surface area contributed by atoms with Crippen molar-refractivity contribution in [2.24, 2.45) is 5.73 Å². The van der Waals surface area contributed by atoms with Crippen molar-refractivity contribution in [3.05, 3.63) is 29.6 Å². The minimum atomic E-state index is -0.147. The van der Waals surface area contributed by atoms with Gasteiger partial charge in [-0.05, 0) is 30.7 Å². The molecule has 0 aliphatic heterocycles. The summed E-state index contributed by atoms with van der Waals surface area (Å²) >= 11 is 1.57. The van der Waals surface area contributed by atoms with Crippen LogP contribution < -0.4 is 5.73 Å². The second-order valence-corrected chi connectivity index (χ2v) is 4.75. The predicted molar refractivity (Wildman–Crippen MR) is 64.6 cm³/mol. The lowest BCUT2D eigenvalue weighted by molar-refractivity contribution is 0.591. The second kappa shape index (κ2) is 6.13. The van der Waals surface area contributed by atoms with Gasteiger partial charge in [0.25, 0.3) is 0 Å². The van der Waals surface area contributed by atoms with Crippen LogP contribution >= 0.6 is 11.8 Å². The molecule has 1 nitrogen and oxygen atoms in total. The highest BCUT2D eigenvalue weighted by Crippen LogP contribution is 2.29. The molecule has 0 radical (unpaired) electrons. The van der Waals surface area contributed by atoms with Gasteiger partial charge in [-0.2, -0.15) is 0 Å². The first-order chi connectivity index (χ1) is 7.16. The summed E-state index contributed by atoms with van der Waals surface area (Å²) in [5.74, 6) is 0.808. The molecule has 0 bridgehead atoms. The molecule has 84 valence electrons. The standard InChI is InChI=1S/C12H18FNS/c1-3-4-8-15-12-10(9(2)14)6-5-7-11(12)13/h5-7,9H,3-4,8,14H2,1-2H3/t9-/m0/s1. The van der Waals surface area contributed by atoms with Crippen molar-refractivity contribution in [3.63, 3.8) is 0 Å². The fourth-order valence-electron chi connectivity index (χ4n) is 1.35. The first-order valence-electron chi connectivity index (χ1n) is 5.33. The molecule has 1 rings (SSSR count). The molecule has 0 aromatic heterocycles. The molecule has 15 heavy (non-hydrogen) atoms. The van der Waals surface area contributed by atoms with Crippen molar-refractivity contribution >= 4 is 11.8 Å². The third-order valence-electron chi connectivity index (χ3n) is 2.23. The van der Waals surface area contributed by atoms with Crippen molar-refractivity contribution in [2.75, 3.05) is 5.75 Å². The molecular weight excluding hydrogens is 209 g/mol. The Kier molecular flexibility index (Phi) is 5.12. The number of hydrogen-bond donors (Lipinski definition) is 1. The molecule has 0 unspecified atom stereocenters. The SMILES string of the molecule is CCCCSc1c(F)cccc1[C@H](C)N. The van der Waals surface area contributed by atoms with Gasteiger partial charge in [0.05, 0.1) is 0 Å². The summed E-state index contributed by atoms with van der Waals surface area (Å²) in [5, 5.41) is 0.